The number of anilines is 1. The van der Waals surface area contributed by atoms with E-state index in [1.807, 2.05) is 0 Å². The van der Waals surface area contributed by atoms with Crippen LogP contribution in [0, 0.1) is 24.0 Å². The number of carbonyl (C=O) groups is 3. The van der Waals surface area contributed by atoms with Gasteiger partial charge in [-0.15, -0.1) is 0 Å². The van der Waals surface area contributed by atoms with Crippen molar-refractivity contribution in [1.82, 2.24) is 10.3 Å². The number of hydrogen-bond donors (Lipinski definition) is 2. The third kappa shape index (κ3) is 10.5. The number of benzene rings is 3. The molecule has 0 aliphatic carbocycles. The van der Waals surface area contributed by atoms with Crippen molar-refractivity contribution in [3.05, 3.63) is 113 Å². The second-order valence-electron chi connectivity index (χ2n) is 15.6. The number of pyridine rings is 1. The lowest BCUT2D eigenvalue weighted by atomic mass is 9.81. The number of aliphatic carboxylic acids is 1. The maximum absolute atomic E-state index is 14.1. The van der Waals surface area contributed by atoms with Crippen molar-refractivity contribution in [2.24, 2.45) is 5.41 Å². The molecule has 0 saturated carbocycles. The molecule has 1 aromatic heterocycles. The maximum Gasteiger partial charge on any atom is 0.337 e. The molecule has 1 amide bonds. The minimum absolute atomic E-state index is 0.000675. The average molecular weight is 742 g/mol. The monoisotopic (exact) mass is 741 g/mol. The SMILES string of the molecule is Cc1nc(C(=O)NCC(=O)Cc2ccc(F)cc2)c(-c2ccc(OCCc3ccc(F)cc3)cc2)c(N2CCC(C)(C)CC2)c1C(OC(C)(C)C)C(=O)O. The van der Waals surface area contributed by atoms with Crippen molar-refractivity contribution in [3.8, 4) is 16.9 Å². The van der Waals surface area contributed by atoms with E-state index >= 15 is 0 Å². The van der Waals surface area contributed by atoms with E-state index < -0.39 is 29.4 Å². The van der Waals surface area contributed by atoms with Gasteiger partial charge in [0.15, 0.2) is 11.9 Å². The number of carbonyl (C=O) groups excluding carboxylic acids is 2. The number of amides is 1. The molecule has 4 aromatic rings. The van der Waals surface area contributed by atoms with E-state index in [0.29, 0.717) is 65.5 Å². The fourth-order valence-corrected chi connectivity index (χ4v) is 6.51. The Hall–Kier alpha value is -5.16. The summed E-state index contributed by atoms with van der Waals surface area (Å²) < 4.78 is 39.0. The number of carboxylic acids is 1. The molecule has 1 saturated heterocycles. The molecule has 54 heavy (non-hydrogen) atoms. The van der Waals surface area contributed by atoms with Crippen LogP contribution in [0.15, 0.2) is 72.8 Å². The number of nitrogens with zero attached hydrogens (tertiary/aromatic N) is 2. The number of aromatic nitrogens is 1. The second kappa shape index (κ2) is 16.9. The fraction of sp³-hybridized carbons (Fsp3) is 0.395. The molecule has 3 aromatic carbocycles. The molecule has 2 heterocycles. The molecule has 0 bridgehead atoms. The number of ether oxygens (including phenoxy) is 2. The number of hydrogen-bond acceptors (Lipinski definition) is 7. The van der Waals surface area contributed by atoms with Crippen LogP contribution in [0.3, 0.4) is 0 Å². The molecule has 1 aliphatic rings. The van der Waals surface area contributed by atoms with Crippen LogP contribution < -0.4 is 15.0 Å². The topological polar surface area (TPSA) is 118 Å². The lowest BCUT2D eigenvalue weighted by Crippen LogP contribution is -2.40. The number of halogens is 2. The van der Waals surface area contributed by atoms with E-state index in [1.54, 1.807) is 64.1 Å². The molecule has 0 spiro atoms. The Morgan fingerprint density at radius 1 is 0.907 bits per heavy atom. The Morgan fingerprint density at radius 2 is 1.48 bits per heavy atom. The third-order valence-electron chi connectivity index (χ3n) is 9.48. The molecule has 11 heteroatoms. The van der Waals surface area contributed by atoms with Crippen molar-refractivity contribution in [2.45, 2.75) is 78.9 Å². The van der Waals surface area contributed by atoms with Gasteiger partial charge >= 0.3 is 5.97 Å². The lowest BCUT2D eigenvalue weighted by molar-refractivity contribution is -0.160. The second-order valence-corrected chi connectivity index (χ2v) is 15.6. The first-order valence-corrected chi connectivity index (χ1v) is 18.2. The highest BCUT2D eigenvalue weighted by Gasteiger charge is 2.38. The summed E-state index contributed by atoms with van der Waals surface area (Å²) in [6.45, 7) is 12.7. The smallest absolute Gasteiger partial charge is 0.337 e. The molecule has 9 nitrogen and oxygen atoms in total. The summed E-state index contributed by atoms with van der Waals surface area (Å²) in [5.41, 5.74) is 3.04. The molecule has 2 N–H and O–H groups in total. The van der Waals surface area contributed by atoms with Crippen molar-refractivity contribution < 1.29 is 37.7 Å². The van der Waals surface area contributed by atoms with Gasteiger partial charge in [-0.25, -0.2) is 18.6 Å². The Bertz CT molecular complexity index is 1950. The van der Waals surface area contributed by atoms with Gasteiger partial charge in [-0.1, -0.05) is 50.2 Å². The van der Waals surface area contributed by atoms with Crippen LogP contribution in [0.5, 0.6) is 5.75 Å². The molecular formula is C43H49F2N3O6. The molecule has 5 rings (SSSR count). The Balaban J connectivity index is 1.56. The standard InChI is InChI=1S/C43H49F2N3O6/c1-27-35(39(41(51)52)54-42(2,3)4)38(48-22-20-43(5,6)21-23-48)36(30-11-17-34(18-12-30)53-24-19-28-7-13-31(44)14-8-28)37(47-27)40(50)46-26-33(49)25-29-9-15-32(45)16-10-29/h7-18,39H,19-26H2,1-6H3,(H,46,50)(H,51,52). The molecule has 1 atom stereocenters. The van der Waals surface area contributed by atoms with Gasteiger partial charge in [0.25, 0.3) is 5.91 Å². The first kappa shape index (κ1) is 40.0. The minimum atomic E-state index is -1.40. The quantitative estimate of drug-likeness (QED) is 0.133. The van der Waals surface area contributed by atoms with Gasteiger partial charge in [-0.05, 0) is 99.0 Å². The van der Waals surface area contributed by atoms with Crippen LogP contribution in [0.1, 0.15) is 86.4 Å². The number of ketones is 1. The average Bonchev–Trinajstić information content (AvgIpc) is 3.11. The van der Waals surface area contributed by atoms with Crippen molar-refractivity contribution in [3.63, 3.8) is 0 Å². The minimum Gasteiger partial charge on any atom is -0.493 e. The van der Waals surface area contributed by atoms with Crippen LogP contribution in [0.25, 0.3) is 11.1 Å². The number of carboxylic acid groups (broad SMARTS) is 1. The van der Waals surface area contributed by atoms with E-state index in [9.17, 15) is 28.3 Å². The van der Waals surface area contributed by atoms with Crippen LogP contribution in [0.2, 0.25) is 0 Å². The van der Waals surface area contributed by atoms with Crippen LogP contribution in [-0.4, -0.2) is 59.6 Å². The van der Waals surface area contributed by atoms with Crippen LogP contribution >= 0.6 is 0 Å². The summed E-state index contributed by atoms with van der Waals surface area (Å²) in [5, 5.41) is 13.4. The zero-order chi connectivity index (χ0) is 39.2. The van der Waals surface area contributed by atoms with Crippen LogP contribution in [-0.2, 0) is 27.2 Å². The Kier molecular flexibility index (Phi) is 12.5. The molecule has 286 valence electrons. The number of nitrogens with one attached hydrogen (secondary N) is 1. The normalized spacial score (nSPS) is 14.7. The van der Waals surface area contributed by atoms with Crippen molar-refractivity contribution in [1.29, 1.82) is 0 Å². The number of rotatable bonds is 14. The summed E-state index contributed by atoms with van der Waals surface area (Å²) in [6, 6.07) is 19.0. The molecule has 1 fully saturated rings. The van der Waals surface area contributed by atoms with Gasteiger partial charge in [0.1, 0.15) is 23.1 Å². The van der Waals surface area contributed by atoms with Crippen molar-refractivity contribution in [2.75, 3.05) is 31.1 Å². The maximum atomic E-state index is 14.1. The third-order valence-corrected chi connectivity index (χ3v) is 9.48. The number of piperidine rings is 1. The van der Waals surface area contributed by atoms with Crippen molar-refractivity contribution >= 4 is 23.3 Å². The van der Waals surface area contributed by atoms with E-state index in [1.165, 1.54) is 36.4 Å². The molecule has 1 unspecified atom stereocenters. The highest BCUT2D eigenvalue weighted by atomic mass is 19.1. The predicted molar refractivity (Wildman–Crippen MR) is 204 cm³/mol. The molecular weight excluding hydrogens is 692 g/mol. The molecule has 1 aliphatic heterocycles. The molecule has 0 radical (unpaired) electrons. The van der Waals surface area contributed by atoms with Gasteiger partial charge < -0.3 is 24.8 Å². The predicted octanol–water partition coefficient (Wildman–Crippen LogP) is 8.07. The van der Waals surface area contributed by atoms with E-state index in [2.05, 4.69) is 24.1 Å². The van der Waals surface area contributed by atoms with Gasteiger partial charge in [0.05, 0.1) is 24.4 Å². The van der Waals surface area contributed by atoms with Gasteiger partial charge in [0.2, 0.25) is 0 Å². The largest absolute Gasteiger partial charge is 0.493 e. The highest BCUT2D eigenvalue weighted by Crippen LogP contribution is 2.45. The number of aryl methyl sites for hydroxylation is 1. The summed E-state index contributed by atoms with van der Waals surface area (Å²) in [7, 11) is 0. The Labute approximate surface area is 315 Å². The zero-order valence-electron chi connectivity index (χ0n) is 31.8. The summed E-state index contributed by atoms with van der Waals surface area (Å²) in [5.74, 6) is -2.22. The van der Waals surface area contributed by atoms with Gasteiger partial charge in [-0.2, -0.15) is 0 Å². The van der Waals surface area contributed by atoms with E-state index in [4.69, 9.17) is 14.5 Å². The van der Waals surface area contributed by atoms with Gasteiger partial charge in [-0.3, -0.25) is 9.59 Å². The van der Waals surface area contributed by atoms with Crippen LogP contribution in [0.4, 0.5) is 14.5 Å². The first-order chi connectivity index (χ1) is 25.5. The van der Waals surface area contributed by atoms with Gasteiger partial charge in [0, 0.05) is 42.8 Å². The van der Waals surface area contributed by atoms with E-state index in [0.717, 1.165) is 18.4 Å². The summed E-state index contributed by atoms with van der Waals surface area (Å²) in [4.78, 5) is 47.0. The summed E-state index contributed by atoms with van der Waals surface area (Å²) >= 11 is 0. The lowest BCUT2D eigenvalue weighted by Gasteiger charge is -2.41. The highest BCUT2D eigenvalue weighted by molar-refractivity contribution is 6.05. The first-order valence-electron chi connectivity index (χ1n) is 18.2. The van der Waals surface area contributed by atoms with E-state index in [-0.39, 0.29) is 35.7 Å². The Morgan fingerprint density at radius 3 is 2.04 bits per heavy atom. The summed E-state index contributed by atoms with van der Waals surface area (Å²) in [6.07, 6.45) is 0.818. The zero-order valence-corrected chi connectivity index (χ0v) is 31.8. The number of Topliss-reactive ketones (excluding diaryl/α,β-unsaturated/α-hetero) is 1. The fourth-order valence-electron chi connectivity index (χ4n) is 6.51.